The van der Waals surface area contributed by atoms with Crippen LogP contribution in [0.4, 0.5) is 17.1 Å². The van der Waals surface area contributed by atoms with E-state index in [2.05, 4.69) is 241 Å². The van der Waals surface area contributed by atoms with E-state index in [9.17, 15) is 0 Å². The highest BCUT2D eigenvalue weighted by atomic mass is 16.3. The van der Waals surface area contributed by atoms with E-state index in [0.29, 0.717) is 5.89 Å². The average Bonchev–Trinajstić information content (AvgIpc) is 3.82. The number of fused-ring (bicyclic) bond motifs is 5. The lowest BCUT2D eigenvalue weighted by Gasteiger charge is -2.26. The molecule has 0 saturated carbocycles. The lowest BCUT2D eigenvalue weighted by atomic mass is 9.89. The third kappa shape index (κ3) is 6.68. The van der Waals surface area contributed by atoms with Crippen LogP contribution in [0.3, 0.4) is 0 Å². The molecule has 0 saturated heterocycles. The average molecular weight is 817 g/mol. The van der Waals surface area contributed by atoms with Gasteiger partial charge in [-0.05, 0) is 132 Å². The first-order valence-corrected chi connectivity index (χ1v) is 21.8. The second-order valence-electron chi connectivity index (χ2n) is 16.3. The summed E-state index contributed by atoms with van der Waals surface area (Å²) in [6.07, 6.45) is 0. The maximum Gasteiger partial charge on any atom is 0.227 e. The van der Waals surface area contributed by atoms with E-state index in [-0.39, 0.29) is 0 Å². The van der Waals surface area contributed by atoms with Gasteiger partial charge in [0.15, 0.2) is 5.58 Å². The second-order valence-corrected chi connectivity index (χ2v) is 16.3. The molecule has 0 aliphatic carbocycles. The van der Waals surface area contributed by atoms with Crippen molar-refractivity contribution in [2.24, 2.45) is 0 Å². The van der Waals surface area contributed by atoms with Crippen LogP contribution in [-0.2, 0) is 0 Å². The number of aromatic nitrogens is 1. The number of hydrogen-bond acceptors (Lipinski definition) is 3. The van der Waals surface area contributed by atoms with Gasteiger partial charge in [-0.1, -0.05) is 182 Å². The predicted molar refractivity (Wildman–Crippen MR) is 268 cm³/mol. The Kier molecular flexibility index (Phi) is 9.16. The first-order valence-electron chi connectivity index (χ1n) is 21.8. The number of oxazole rings is 1. The summed E-state index contributed by atoms with van der Waals surface area (Å²) in [4.78, 5) is 7.40. The molecule has 3 heteroatoms. The Labute approximate surface area is 371 Å². The van der Waals surface area contributed by atoms with Crippen LogP contribution in [0.1, 0.15) is 0 Å². The second kappa shape index (κ2) is 15.7. The summed E-state index contributed by atoms with van der Waals surface area (Å²) in [7, 11) is 0. The number of rotatable bonds is 8. The highest BCUT2D eigenvalue weighted by Gasteiger charge is 2.19. The van der Waals surface area contributed by atoms with Crippen LogP contribution in [0, 0.1) is 0 Å². The molecule has 0 bridgehead atoms. The molecule has 0 aliphatic heterocycles. The third-order valence-electron chi connectivity index (χ3n) is 12.5. The quantitative estimate of drug-likeness (QED) is 0.153. The minimum atomic E-state index is 0.615. The van der Waals surface area contributed by atoms with Gasteiger partial charge in [-0.3, -0.25) is 0 Å². The Bertz CT molecular complexity index is 3630. The molecule has 0 fully saturated rings. The summed E-state index contributed by atoms with van der Waals surface area (Å²) >= 11 is 0. The number of anilines is 3. The number of nitrogens with zero attached hydrogens (tertiary/aromatic N) is 2. The van der Waals surface area contributed by atoms with Crippen LogP contribution in [0.25, 0.3) is 99.4 Å². The smallest absolute Gasteiger partial charge is 0.227 e. The van der Waals surface area contributed by atoms with Gasteiger partial charge in [0.1, 0.15) is 5.52 Å². The molecule has 0 amide bonds. The van der Waals surface area contributed by atoms with Gasteiger partial charge in [-0.2, -0.15) is 0 Å². The standard InChI is InChI=1S/C61H40N2O/c1-3-13-41(14-4-1)43-23-26-46(27-24-43)61-62-60-57-22-12-11-21-55(57)58(40-59(60)64-61)56-38-37-52(53-19-9-10-20-54(53)56)45-31-35-51(36-32-45)63(49-17-5-2-6-18-49)50-33-29-44(30-34-50)48-28-25-42-15-7-8-16-47(42)39-48/h1-40H. The van der Waals surface area contributed by atoms with Gasteiger partial charge in [0.25, 0.3) is 0 Å². The summed E-state index contributed by atoms with van der Waals surface area (Å²) < 4.78 is 6.59. The van der Waals surface area contributed by atoms with Crippen molar-refractivity contribution in [2.75, 3.05) is 4.90 Å². The molecule has 0 radical (unpaired) electrons. The molecule has 0 spiro atoms. The van der Waals surface area contributed by atoms with Crippen molar-refractivity contribution in [1.29, 1.82) is 0 Å². The number of benzene rings is 11. The molecule has 1 heterocycles. The Morgan fingerprint density at radius 3 is 1.47 bits per heavy atom. The summed E-state index contributed by atoms with van der Waals surface area (Å²) in [6, 6.07) is 86.6. The van der Waals surface area contributed by atoms with Crippen molar-refractivity contribution in [2.45, 2.75) is 0 Å². The summed E-state index contributed by atoms with van der Waals surface area (Å²) in [6.45, 7) is 0. The molecule has 1 aromatic heterocycles. The highest BCUT2D eigenvalue weighted by molar-refractivity contribution is 6.15. The Hall–Kier alpha value is -8.53. The van der Waals surface area contributed by atoms with Crippen LogP contribution in [-0.4, -0.2) is 4.98 Å². The van der Waals surface area contributed by atoms with E-state index in [0.717, 1.165) is 66.8 Å². The molecule has 0 unspecified atom stereocenters. The third-order valence-corrected chi connectivity index (χ3v) is 12.5. The molecule has 0 N–H and O–H groups in total. The van der Waals surface area contributed by atoms with Crippen LogP contribution >= 0.6 is 0 Å². The molecular weight excluding hydrogens is 777 g/mol. The maximum atomic E-state index is 6.59. The Balaban J connectivity index is 0.895. The summed E-state index contributed by atoms with van der Waals surface area (Å²) in [5, 5.41) is 7.08. The van der Waals surface area contributed by atoms with E-state index in [1.54, 1.807) is 0 Å². The van der Waals surface area contributed by atoms with Gasteiger partial charge in [-0.25, -0.2) is 4.98 Å². The normalized spacial score (nSPS) is 11.4. The lowest BCUT2D eigenvalue weighted by Crippen LogP contribution is -2.09. The lowest BCUT2D eigenvalue weighted by molar-refractivity contribution is 0.620. The first kappa shape index (κ1) is 37.2. The molecule has 0 atom stereocenters. The fraction of sp³-hybridized carbons (Fsp3) is 0. The monoisotopic (exact) mass is 816 g/mol. The van der Waals surface area contributed by atoms with Gasteiger partial charge in [-0.15, -0.1) is 0 Å². The minimum Gasteiger partial charge on any atom is -0.436 e. The summed E-state index contributed by atoms with van der Waals surface area (Å²) in [5.74, 6) is 0.615. The molecule has 64 heavy (non-hydrogen) atoms. The fourth-order valence-electron chi connectivity index (χ4n) is 9.31. The van der Waals surface area contributed by atoms with E-state index in [1.165, 1.54) is 43.8 Å². The molecule has 12 aromatic rings. The molecule has 0 aliphatic rings. The van der Waals surface area contributed by atoms with Crippen LogP contribution in [0.15, 0.2) is 247 Å². The van der Waals surface area contributed by atoms with Crippen LogP contribution < -0.4 is 4.90 Å². The molecular formula is C61H40N2O. The van der Waals surface area contributed by atoms with Crippen LogP contribution in [0.2, 0.25) is 0 Å². The number of para-hydroxylation sites is 1. The van der Waals surface area contributed by atoms with Crippen molar-refractivity contribution in [1.82, 2.24) is 4.98 Å². The van der Waals surface area contributed by atoms with Gasteiger partial charge in [0, 0.05) is 28.0 Å². The SMILES string of the molecule is c1ccc(-c2ccc(-c3nc4c(cc(-c5ccc(-c6ccc(N(c7ccccc7)c7ccc(-c8ccc9ccccc9c8)cc7)cc6)c6ccccc56)c5ccccc54)o3)cc2)cc1. The molecule has 3 nitrogen and oxygen atoms in total. The van der Waals surface area contributed by atoms with Crippen molar-refractivity contribution < 1.29 is 4.42 Å². The molecule has 12 rings (SSSR count). The number of hydrogen-bond donors (Lipinski definition) is 0. The van der Waals surface area contributed by atoms with Gasteiger partial charge < -0.3 is 9.32 Å². The Morgan fingerprint density at radius 1 is 0.297 bits per heavy atom. The zero-order valence-corrected chi connectivity index (χ0v) is 34.9. The van der Waals surface area contributed by atoms with Gasteiger partial charge >= 0.3 is 0 Å². The van der Waals surface area contributed by atoms with E-state index < -0.39 is 0 Å². The van der Waals surface area contributed by atoms with Crippen molar-refractivity contribution >= 4 is 60.5 Å². The topological polar surface area (TPSA) is 29.3 Å². The summed E-state index contributed by atoms with van der Waals surface area (Å²) in [5.41, 5.74) is 15.2. The maximum absolute atomic E-state index is 6.59. The van der Waals surface area contributed by atoms with Crippen molar-refractivity contribution in [3.05, 3.63) is 243 Å². The minimum absolute atomic E-state index is 0.615. The molecule has 11 aromatic carbocycles. The van der Waals surface area contributed by atoms with E-state index >= 15 is 0 Å². The molecule has 300 valence electrons. The first-order chi connectivity index (χ1) is 31.7. The van der Waals surface area contributed by atoms with Crippen LogP contribution in [0.5, 0.6) is 0 Å². The fourth-order valence-corrected chi connectivity index (χ4v) is 9.31. The predicted octanol–water partition coefficient (Wildman–Crippen LogP) is 17.1. The van der Waals surface area contributed by atoms with Gasteiger partial charge in [0.05, 0.1) is 0 Å². The van der Waals surface area contributed by atoms with Crippen molar-refractivity contribution in [3.63, 3.8) is 0 Å². The zero-order chi connectivity index (χ0) is 42.4. The highest BCUT2D eigenvalue weighted by Crippen LogP contribution is 2.43. The van der Waals surface area contributed by atoms with Gasteiger partial charge in [0.2, 0.25) is 5.89 Å². The zero-order valence-electron chi connectivity index (χ0n) is 34.9. The van der Waals surface area contributed by atoms with E-state index in [4.69, 9.17) is 9.40 Å². The van der Waals surface area contributed by atoms with E-state index in [1.807, 2.05) is 6.07 Å². The largest absolute Gasteiger partial charge is 0.436 e. The Morgan fingerprint density at radius 2 is 0.766 bits per heavy atom. The van der Waals surface area contributed by atoms with Crippen molar-refractivity contribution in [3.8, 4) is 56.0 Å².